The molecule has 4 nitrogen and oxygen atoms in total. The molecule has 0 aliphatic heterocycles. The number of allylic oxidation sites excluding steroid dienone is 3. The van der Waals surface area contributed by atoms with Gasteiger partial charge in [0, 0.05) is 6.92 Å². The number of hydrogen-bond acceptors (Lipinski definition) is 3. The third-order valence-electron chi connectivity index (χ3n) is 12.0. The van der Waals surface area contributed by atoms with E-state index in [4.69, 9.17) is 9.90 Å². The number of carboxylic acids is 1. The molecule has 0 aromatic heterocycles. The minimum absolute atomic E-state index is 0.00938. The van der Waals surface area contributed by atoms with E-state index in [-0.39, 0.29) is 11.5 Å². The van der Waals surface area contributed by atoms with E-state index < -0.39 is 5.97 Å². The van der Waals surface area contributed by atoms with E-state index >= 15 is 0 Å². The molecule has 4 aliphatic carbocycles. The lowest BCUT2D eigenvalue weighted by Crippen LogP contribution is -2.57. The van der Waals surface area contributed by atoms with Crippen molar-refractivity contribution in [3.05, 3.63) is 28.7 Å². The summed E-state index contributed by atoms with van der Waals surface area (Å²) in [5, 5.41) is 11.0. The third kappa shape index (κ3) is 4.75. The van der Waals surface area contributed by atoms with Crippen LogP contribution in [0.4, 0.5) is 0 Å². The maximum atomic E-state index is 11.6. The zero-order chi connectivity index (χ0) is 27.1. The van der Waals surface area contributed by atoms with Gasteiger partial charge in [-0.1, -0.05) is 77.4 Å². The smallest absolute Gasteiger partial charge is 0.300 e. The van der Waals surface area contributed by atoms with E-state index in [2.05, 4.69) is 66.3 Å². The molecule has 0 heterocycles. The second kappa shape index (κ2) is 10.4. The Morgan fingerprint density at radius 3 is 2.33 bits per heavy atom. The Balaban J connectivity index is 0.000000840. The Hall–Kier alpha value is -1.45. The number of hydrogen-bond donors (Lipinski definition) is 1. The van der Waals surface area contributed by atoms with Crippen LogP contribution in [0.1, 0.15) is 120 Å². The molecule has 36 heavy (non-hydrogen) atoms. The maximum absolute atomic E-state index is 11.6. The average Bonchev–Trinajstić information content (AvgIpc) is 3.04. The van der Waals surface area contributed by atoms with E-state index in [9.17, 15) is 4.91 Å². The molecule has 0 amide bonds. The second-order valence-corrected chi connectivity index (χ2v) is 14.2. The minimum atomic E-state index is -0.833. The van der Waals surface area contributed by atoms with Crippen LogP contribution in [-0.4, -0.2) is 17.1 Å². The maximum Gasteiger partial charge on any atom is 0.300 e. The molecule has 4 heteroatoms. The lowest BCUT2D eigenvalue weighted by molar-refractivity contribution is -0.134. The molecule has 0 aromatic rings. The van der Waals surface area contributed by atoms with Crippen LogP contribution < -0.4 is 0 Å². The first-order chi connectivity index (χ1) is 16.6. The number of carbonyl (C=O) groups is 1. The first-order valence-electron chi connectivity index (χ1n) is 14.5. The van der Waals surface area contributed by atoms with Crippen LogP contribution in [0, 0.1) is 50.2 Å². The summed E-state index contributed by atoms with van der Waals surface area (Å²) in [4.78, 5) is 20.6. The first-order valence-corrected chi connectivity index (χ1v) is 14.5. The topological polar surface area (TPSA) is 66.7 Å². The molecule has 0 spiro atoms. The van der Waals surface area contributed by atoms with Gasteiger partial charge in [0.1, 0.15) is 0 Å². The minimum Gasteiger partial charge on any atom is -0.481 e. The number of nitroso groups, excluding NO2 is 1. The summed E-state index contributed by atoms with van der Waals surface area (Å²) in [6.07, 6.45) is 15.3. The van der Waals surface area contributed by atoms with Gasteiger partial charge in [-0.3, -0.25) is 4.79 Å². The van der Waals surface area contributed by atoms with Crippen molar-refractivity contribution < 1.29 is 9.90 Å². The van der Waals surface area contributed by atoms with Gasteiger partial charge >= 0.3 is 0 Å². The third-order valence-corrected chi connectivity index (χ3v) is 12.0. The van der Waals surface area contributed by atoms with Crippen LogP contribution >= 0.6 is 0 Å². The summed E-state index contributed by atoms with van der Waals surface area (Å²) in [6.45, 7) is 22.5. The standard InChI is InChI=1S/C30H49NO.C2H4O2/c1-20(2)21(3)10-9-11-22-14-18-30(8)24-12-13-25-27(4,5)26(31-32)16-17-28(25,6)23(24)15-19-29(22,30)7;1-2(3)4/h12,20,22-23,25-26H,3,9-11,13-19H2,1-2,4-8H3;1H3,(H,3,4)/t22?,23?,25?,26?,28?,29?,30-;/m0./s1. The molecule has 0 aromatic carbocycles. The van der Waals surface area contributed by atoms with Crippen LogP contribution in [0.5, 0.6) is 0 Å². The van der Waals surface area contributed by atoms with Gasteiger partial charge in [0.25, 0.3) is 5.97 Å². The highest BCUT2D eigenvalue weighted by atomic mass is 16.4. The second-order valence-electron chi connectivity index (χ2n) is 14.2. The van der Waals surface area contributed by atoms with Gasteiger partial charge < -0.3 is 5.11 Å². The lowest BCUT2D eigenvalue weighted by atomic mass is 9.41. The zero-order valence-electron chi connectivity index (χ0n) is 24.5. The highest BCUT2D eigenvalue weighted by Gasteiger charge is 2.64. The van der Waals surface area contributed by atoms with E-state index in [0.29, 0.717) is 34.0 Å². The summed E-state index contributed by atoms with van der Waals surface area (Å²) in [6, 6.07) is -0.0172. The molecule has 1 N–H and O–H groups in total. The van der Waals surface area contributed by atoms with Gasteiger partial charge in [-0.05, 0) is 110 Å². The number of fused-ring (bicyclic) bond motifs is 5. The highest BCUT2D eigenvalue weighted by molar-refractivity contribution is 5.62. The van der Waals surface area contributed by atoms with Crippen LogP contribution in [-0.2, 0) is 4.79 Å². The van der Waals surface area contributed by atoms with Gasteiger partial charge in [-0.25, -0.2) is 0 Å². The van der Waals surface area contributed by atoms with Gasteiger partial charge in [0.2, 0.25) is 0 Å². The van der Waals surface area contributed by atoms with E-state index in [1.165, 1.54) is 56.9 Å². The molecule has 0 bridgehead atoms. The molecular formula is C32H53NO3. The fraction of sp³-hybridized carbons (Fsp3) is 0.844. The normalized spacial score (nSPS) is 40.6. The van der Waals surface area contributed by atoms with Gasteiger partial charge in [0.15, 0.2) is 0 Å². The van der Waals surface area contributed by atoms with E-state index in [1.54, 1.807) is 0 Å². The highest BCUT2D eigenvalue weighted by Crippen LogP contribution is 2.73. The zero-order valence-corrected chi connectivity index (χ0v) is 24.5. The van der Waals surface area contributed by atoms with Crippen molar-refractivity contribution in [2.75, 3.05) is 0 Å². The molecule has 0 saturated heterocycles. The van der Waals surface area contributed by atoms with Crippen LogP contribution in [0.25, 0.3) is 0 Å². The van der Waals surface area contributed by atoms with Crippen molar-refractivity contribution in [1.82, 2.24) is 0 Å². The Labute approximate surface area is 220 Å². The number of aliphatic carboxylic acids is 1. The van der Waals surface area contributed by atoms with Crippen LogP contribution in [0.3, 0.4) is 0 Å². The molecule has 0 radical (unpaired) electrons. The van der Waals surface area contributed by atoms with Gasteiger partial charge in [0.05, 0.1) is 6.04 Å². The number of nitrogens with zero attached hydrogens (tertiary/aromatic N) is 1. The van der Waals surface area contributed by atoms with Crippen LogP contribution in [0.2, 0.25) is 0 Å². The summed E-state index contributed by atoms with van der Waals surface area (Å²) >= 11 is 0. The molecule has 3 fully saturated rings. The van der Waals surface area contributed by atoms with Crippen molar-refractivity contribution in [2.24, 2.45) is 50.5 Å². The monoisotopic (exact) mass is 499 g/mol. The van der Waals surface area contributed by atoms with Crippen molar-refractivity contribution in [2.45, 2.75) is 126 Å². The van der Waals surface area contributed by atoms with Crippen LogP contribution in [0.15, 0.2) is 29.0 Å². The molecule has 4 rings (SSSR count). The summed E-state index contributed by atoms with van der Waals surface area (Å²) in [5.41, 5.74) is 4.37. The molecular weight excluding hydrogens is 446 g/mol. The largest absolute Gasteiger partial charge is 0.481 e. The Morgan fingerprint density at radius 1 is 1.11 bits per heavy atom. The first kappa shape index (κ1) is 29.1. The van der Waals surface area contributed by atoms with Gasteiger partial charge in [-0.2, -0.15) is 4.91 Å². The fourth-order valence-electron chi connectivity index (χ4n) is 9.33. The average molecular weight is 500 g/mol. The fourth-order valence-corrected chi connectivity index (χ4v) is 9.33. The molecule has 204 valence electrons. The predicted octanol–water partition coefficient (Wildman–Crippen LogP) is 9.20. The predicted molar refractivity (Wildman–Crippen MR) is 150 cm³/mol. The summed E-state index contributed by atoms with van der Waals surface area (Å²) < 4.78 is 0. The SMILES string of the molecule is C=C(CCCC1CC[C@@]2(C)C3=CCC4C(C)(C)C(N=O)CCC4(C)C3CCC12C)C(C)C.CC(=O)O. The lowest BCUT2D eigenvalue weighted by Gasteiger charge is -2.64. The van der Waals surface area contributed by atoms with Crippen molar-refractivity contribution in [1.29, 1.82) is 0 Å². The van der Waals surface area contributed by atoms with E-state index in [1.807, 2.05) is 5.57 Å². The Bertz CT molecular complexity index is 884. The summed E-state index contributed by atoms with van der Waals surface area (Å²) in [5.74, 6) is 1.91. The molecule has 4 aliphatic rings. The number of rotatable bonds is 6. The van der Waals surface area contributed by atoms with Crippen molar-refractivity contribution >= 4 is 5.97 Å². The quantitative estimate of drug-likeness (QED) is 0.292. The van der Waals surface area contributed by atoms with E-state index in [0.717, 1.165) is 25.7 Å². The van der Waals surface area contributed by atoms with Gasteiger partial charge in [-0.15, -0.1) is 0 Å². The molecule has 7 atom stereocenters. The number of carboxylic acid groups (broad SMARTS) is 1. The molecule has 6 unspecified atom stereocenters. The van der Waals surface area contributed by atoms with Crippen molar-refractivity contribution in [3.8, 4) is 0 Å². The Morgan fingerprint density at radius 2 is 1.75 bits per heavy atom. The Kier molecular flexibility index (Phi) is 8.38. The summed E-state index contributed by atoms with van der Waals surface area (Å²) in [7, 11) is 0. The molecule has 3 saturated carbocycles. The van der Waals surface area contributed by atoms with Crippen molar-refractivity contribution in [3.63, 3.8) is 0 Å².